The number of benzene rings is 6. The highest BCUT2D eigenvalue weighted by molar-refractivity contribution is 7.27. The minimum Gasteiger partial charge on any atom is -0.454 e. The highest BCUT2D eigenvalue weighted by Gasteiger charge is 2.46. The van der Waals surface area contributed by atoms with Crippen molar-refractivity contribution in [2.24, 2.45) is 0 Å². The first kappa shape index (κ1) is 30.2. The summed E-state index contributed by atoms with van der Waals surface area (Å²) in [5.41, 5.74) is 19.3. The molecule has 0 spiro atoms. The van der Waals surface area contributed by atoms with Crippen LogP contribution in [-0.2, 0) is 10.8 Å². The number of hydrogen-bond acceptors (Lipinski definition) is 3. The zero-order chi connectivity index (χ0) is 35.7. The van der Waals surface area contributed by atoms with Crippen LogP contribution in [0, 0.1) is 13.8 Å². The van der Waals surface area contributed by atoms with Crippen LogP contribution in [0.3, 0.4) is 0 Å². The molecular formula is C48H39BN2OS. The molecular weight excluding hydrogens is 663 g/mol. The molecule has 0 amide bonds. The summed E-state index contributed by atoms with van der Waals surface area (Å²) < 4.78 is 12.4. The van der Waals surface area contributed by atoms with Crippen LogP contribution in [0.1, 0.15) is 62.8 Å². The van der Waals surface area contributed by atoms with E-state index in [-0.39, 0.29) is 17.7 Å². The Morgan fingerprint density at radius 3 is 2.23 bits per heavy atom. The van der Waals surface area contributed by atoms with E-state index in [9.17, 15) is 0 Å². The maximum Gasteiger partial charge on any atom is 0.333 e. The Morgan fingerprint density at radius 1 is 0.660 bits per heavy atom. The van der Waals surface area contributed by atoms with Crippen molar-refractivity contribution in [1.29, 1.82) is 0 Å². The second-order valence-electron chi connectivity index (χ2n) is 17.3. The lowest BCUT2D eigenvalue weighted by molar-refractivity contribution is 0.332. The highest BCUT2D eigenvalue weighted by atomic mass is 32.1. The van der Waals surface area contributed by atoms with Crippen molar-refractivity contribution in [2.75, 3.05) is 4.90 Å². The van der Waals surface area contributed by atoms with Crippen LogP contribution in [0.15, 0.2) is 108 Å². The van der Waals surface area contributed by atoms with Crippen LogP contribution in [0.4, 0.5) is 17.1 Å². The van der Waals surface area contributed by atoms with Crippen LogP contribution in [-0.4, -0.2) is 11.3 Å². The summed E-state index contributed by atoms with van der Waals surface area (Å²) in [6.07, 6.45) is 2.37. The number of fused-ring (bicyclic) bond motifs is 14. The van der Waals surface area contributed by atoms with Gasteiger partial charge in [0.1, 0.15) is 5.58 Å². The number of anilines is 3. The maximum atomic E-state index is 7.03. The van der Waals surface area contributed by atoms with E-state index in [1.165, 1.54) is 99.7 Å². The van der Waals surface area contributed by atoms with Crippen LogP contribution < -0.4 is 15.8 Å². The molecule has 3 aliphatic rings. The number of hydrogen-bond donors (Lipinski definition) is 0. The van der Waals surface area contributed by atoms with Crippen molar-refractivity contribution < 1.29 is 4.42 Å². The molecule has 5 heterocycles. The lowest BCUT2D eigenvalue weighted by atomic mass is 9.45. The number of aromatic nitrogens is 1. The van der Waals surface area contributed by atoms with Crippen molar-refractivity contribution in [3.8, 4) is 11.1 Å². The quantitative estimate of drug-likeness (QED) is 0.159. The molecule has 0 unspecified atom stereocenters. The molecule has 6 aromatic carbocycles. The third kappa shape index (κ3) is 3.71. The average molecular weight is 703 g/mol. The van der Waals surface area contributed by atoms with Gasteiger partial charge in [-0.15, -0.1) is 11.3 Å². The Hall–Kier alpha value is -5.26. The Bertz CT molecular complexity index is 3120. The average Bonchev–Trinajstić information content (AvgIpc) is 3.82. The second kappa shape index (κ2) is 9.83. The largest absolute Gasteiger partial charge is 0.454 e. The Labute approximate surface area is 313 Å². The van der Waals surface area contributed by atoms with Gasteiger partial charge in [-0.3, -0.25) is 0 Å². The molecule has 0 saturated heterocycles. The van der Waals surface area contributed by atoms with E-state index >= 15 is 0 Å². The molecule has 3 aromatic heterocycles. The fraction of sp³-hybridized carbons (Fsp3) is 0.208. The predicted octanol–water partition coefficient (Wildman–Crippen LogP) is 12.3. The summed E-state index contributed by atoms with van der Waals surface area (Å²) in [4.78, 5) is 2.60. The van der Waals surface area contributed by atoms with Gasteiger partial charge in [-0.1, -0.05) is 107 Å². The Morgan fingerprint density at radius 2 is 1.40 bits per heavy atom. The van der Waals surface area contributed by atoms with Gasteiger partial charge in [-0.25, -0.2) is 0 Å². The SMILES string of the molecule is Cc1cc2c3c(c1)N(c1cc4c(cc1C)C(C)(C)CCC4(C)C)c1c(ccc4c1oc1ccccc14)B3n1c3c-2cccc3c2sc3ccccc3c21. The third-order valence-corrected chi connectivity index (χ3v) is 14.4. The van der Waals surface area contributed by atoms with Crippen LogP contribution in [0.25, 0.3) is 64.3 Å². The van der Waals surface area contributed by atoms with Crippen LogP contribution >= 0.6 is 11.3 Å². The molecule has 0 bridgehead atoms. The van der Waals surface area contributed by atoms with Gasteiger partial charge in [0.25, 0.3) is 0 Å². The minimum atomic E-state index is -0.0225. The molecule has 0 atom stereocenters. The van der Waals surface area contributed by atoms with Gasteiger partial charge in [0.2, 0.25) is 0 Å². The van der Waals surface area contributed by atoms with E-state index in [0.29, 0.717) is 0 Å². The van der Waals surface area contributed by atoms with Crippen molar-refractivity contribution in [2.45, 2.75) is 65.2 Å². The van der Waals surface area contributed by atoms with Crippen molar-refractivity contribution in [3.05, 3.63) is 125 Å². The normalized spacial score (nSPS) is 16.6. The minimum absolute atomic E-state index is 0.0225. The number of furan rings is 1. The second-order valence-corrected chi connectivity index (χ2v) is 18.3. The summed E-state index contributed by atoms with van der Waals surface area (Å²) in [5, 5.41) is 5.00. The summed E-state index contributed by atoms with van der Waals surface area (Å²) in [6, 6.07) is 39.2. The molecule has 256 valence electrons. The lowest BCUT2D eigenvalue weighted by Crippen LogP contribution is -2.56. The van der Waals surface area contributed by atoms with E-state index < -0.39 is 0 Å². The topological polar surface area (TPSA) is 21.3 Å². The fourth-order valence-electron chi connectivity index (χ4n) is 10.5. The molecule has 53 heavy (non-hydrogen) atoms. The van der Waals surface area contributed by atoms with Crippen LogP contribution in [0.5, 0.6) is 0 Å². The Kier molecular flexibility index (Phi) is 5.61. The van der Waals surface area contributed by atoms with Crippen molar-refractivity contribution in [3.63, 3.8) is 0 Å². The highest BCUT2D eigenvalue weighted by Crippen LogP contribution is 2.53. The van der Waals surface area contributed by atoms with Crippen molar-refractivity contribution >= 4 is 99.3 Å². The number of para-hydroxylation sites is 2. The summed E-state index contributed by atoms with van der Waals surface area (Å²) in [5.74, 6) is 0. The van der Waals surface area contributed by atoms with E-state index in [2.05, 4.69) is 154 Å². The van der Waals surface area contributed by atoms with Gasteiger partial charge in [-0.2, -0.15) is 0 Å². The molecule has 9 aromatic rings. The van der Waals surface area contributed by atoms with Gasteiger partial charge in [0.15, 0.2) is 5.58 Å². The molecule has 3 nitrogen and oxygen atoms in total. The first-order valence-corrected chi connectivity index (χ1v) is 19.9. The molecule has 2 aliphatic heterocycles. The first-order valence-electron chi connectivity index (χ1n) is 19.1. The smallest absolute Gasteiger partial charge is 0.333 e. The van der Waals surface area contributed by atoms with E-state index in [4.69, 9.17) is 4.42 Å². The van der Waals surface area contributed by atoms with E-state index in [1.54, 1.807) is 0 Å². The molecule has 5 heteroatoms. The zero-order valence-corrected chi connectivity index (χ0v) is 31.8. The summed E-state index contributed by atoms with van der Waals surface area (Å²) >= 11 is 1.93. The summed E-state index contributed by atoms with van der Waals surface area (Å²) in [7, 11) is 0. The number of thiophene rings is 1. The molecule has 0 N–H and O–H groups in total. The van der Waals surface area contributed by atoms with E-state index in [1.807, 2.05) is 11.3 Å². The molecule has 0 radical (unpaired) electrons. The number of nitrogens with zero attached hydrogens (tertiary/aromatic N) is 2. The number of rotatable bonds is 1. The van der Waals surface area contributed by atoms with Crippen LogP contribution in [0.2, 0.25) is 0 Å². The molecule has 1 aliphatic carbocycles. The molecule has 12 rings (SSSR count). The van der Waals surface area contributed by atoms with Gasteiger partial charge >= 0.3 is 6.85 Å². The van der Waals surface area contributed by atoms with Crippen molar-refractivity contribution in [1.82, 2.24) is 4.48 Å². The molecule has 0 fully saturated rings. The van der Waals surface area contributed by atoms with Gasteiger partial charge in [-0.05, 0) is 101 Å². The Balaban J connectivity index is 1.27. The number of aryl methyl sites for hydroxylation is 2. The lowest BCUT2D eigenvalue weighted by Gasteiger charge is -2.44. The van der Waals surface area contributed by atoms with E-state index in [0.717, 1.165) is 27.6 Å². The first-order chi connectivity index (χ1) is 25.6. The maximum absolute atomic E-state index is 7.03. The molecule has 0 saturated carbocycles. The van der Waals surface area contributed by atoms with Gasteiger partial charge in [0.05, 0.1) is 15.9 Å². The predicted molar refractivity (Wildman–Crippen MR) is 227 cm³/mol. The summed E-state index contributed by atoms with van der Waals surface area (Å²) in [6.45, 7) is 14.3. The standard InChI is InChI=1S/C48H39BN2OS/c1-26-22-33-29-14-11-15-32-42(29)51(43-31-13-8-10-17-40(31)53-46(32)43)49-36-19-18-30-28-12-7-9-16-39(28)52-45(30)44(36)50(38(23-26)41(33)49)37-25-35-34(24-27(37)2)47(3,4)20-21-48(35,5)6/h7-19,22-25H,20-21H2,1-6H3. The monoisotopic (exact) mass is 702 g/mol. The van der Waals surface area contributed by atoms with Gasteiger partial charge in [0, 0.05) is 48.7 Å². The third-order valence-electron chi connectivity index (χ3n) is 13.2. The van der Waals surface area contributed by atoms with Gasteiger partial charge < -0.3 is 13.8 Å². The fourth-order valence-corrected chi connectivity index (χ4v) is 11.7. The zero-order valence-electron chi connectivity index (χ0n) is 31.0.